The zero-order valence-corrected chi connectivity index (χ0v) is 10.5. The Morgan fingerprint density at radius 1 is 1.35 bits per heavy atom. The molecule has 1 unspecified atom stereocenters. The fraction of sp³-hybridized carbons (Fsp3) is 0.385. The normalized spacial score (nSPS) is 13.6. The summed E-state index contributed by atoms with van der Waals surface area (Å²) < 4.78 is 2.07. The molecule has 2 N–H and O–H groups in total. The van der Waals surface area contributed by atoms with Gasteiger partial charge in [0.1, 0.15) is 0 Å². The van der Waals surface area contributed by atoms with Crippen molar-refractivity contribution < 1.29 is 0 Å². The zero-order valence-electron chi connectivity index (χ0n) is 10.5. The largest absolute Gasteiger partial charge is 0.324 e. The molecule has 0 radical (unpaired) electrons. The van der Waals surface area contributed by atoms with E-state index in [1.165, 1.54) is 0 Å². The van der Waals surface area contributed by atoms with Crippen LogP contribution in [0.15, 0.2) is 36.9 Å². The van der Waals surface area contributed by atoms with Gasteiger partial charge < -0.3 is 10.3 Å². The molecule has 0 bridgehead atoms. The minimum absolute atomic E-state index is 0.136. The van der Waals surface area contributed by atoms with Gasteiger partial charge in [-0.3, -0.25) is 4.98 Å². The molecule has 0 spiro atoms. The van der Waals surface area contributed by atoms with Crippen LogP contribution in [0.3, 0.4) is 0 Å². The zero-order chi connectivity index (χ0) is 12.5. The average Bonchev–Trinajstić information content (AvgIpc) is 2.78. The molecule has 0 aliphatic carbocycles. The van der Waals surface area contributed by atoms with Crippen molar-refractivity contribution in [2.45, 2.75) is 32.4 Å². The summed E-state index contributed by atoms with van der Waals surface area (Å²) in [4.78, 5) is 8.56. The van der Waals surface area contributed by atoms with E-state index in [1.807, 2.05) is 44.6 Å². The maximum Gasteiger partial charge on any atom is 0.0955 e. The Hall–Kier alpha value is -1.68. The molecular formula is C13H18N4. The third-order valence-corrected chi connectivity index (χ3v) is 2.86. The summed E-state index contributed by atoms with van der Waals surface area (Å²) in [6, 6.07) is 6.05. The van der Waals surface area contributed by atoms with Crippen molar-refractivity contribution in [2.75, 3.05) is 0 Å². The van der Waals surface area contributed by atoms with Crippen LogP contribution in [0.4, 0.5) is 0 Å². The van der Waals surface area contributed by atoms with Crippen molar-refractivity contribution in [1.29, 1.82) is 0 Å². The lowest BCUT2D eigenvalue weighted by Crippen LogP contribution is -2.32. The molecule has 0 fully saturated rings. The highest BCUT2D eigenvalue weighted by Gasteiger charge is 2.22. The van der Waals surface area contributed by atoms with Gasteiger partial charge in [-0.05, 0) is 32.9 Å². The first kappa shape index (κ1) is 11.8. The second-order valence-corrected chi connectivity index (χ2v) is 4.84. The van der Waals surface area contributed by atoms with E-state index in [4.69, 9.17) is 5.73 Å². The highest BCUT2D eigenvalue weighted by molar-refractivity contribution is 5.16. The van der Waals surface area contributed by atoms with Gasteiger partial charge in [-0.25, -0.2) is 4.98 Å². The highest BCUT2D eigenvalue weighted by atomic mass is 15.1. The molecule has 2 heterocycles. The monoisotopic (exact) mass is 230 g/mol. The van der Waals surface area contributed by atoms with E-state index in [9.17, 15) is 0 Å². The summed E-state index contributed by atoms with van der Waals surface area (Å²) >= 11 is 0. The fourth-order valence-electron chi connectivity index (χ4n) is 1.88. The first-order valence-corrected chi connectivity index (χ1v) is 5.72. The highest BCUT2D eigenvalue weighted by Crippen LogP contribution is 2.23. The predicted octanol–water partition coefficient (Wildman–Crippen LogP) is 2.08. The fourth-order valence-corrected chi connectivity index (χ4v) is 1.88. The van der Waals surface area contributed by atoms with Crippen molar-refractivity contribution in [3.8, 4) is 0 Å². The first-order chi connectivity index (χ1) is 8.00. The van der Waals surface area contributed by atoms with Gasteiger partial charge in [0.25, 0.3) is 0 Å². The quantitative estimate of drug-likeness (QED) is 0.878. The first-order valence-electron chi connectivity index (χ1n) is 5.72. The summed E-state index contributed by atoms with van der Waals surface area (Å²) in [7, 11) is 0. The molecule has 1 atom stereocenters. The molecule has 90 valence electrons. The molecule has 4 heteroatoms. The van der Waals surface area contributed by atoms with Crippen molar-refractivity contribution in [2.24, 2.45) is 5.73 Å². The predicted molar refractivity (Wildman–Crippen MR) is 67.5 cm³/mol. The number of aromatic nitrogens is 3. The van der Waals surface area contributed by atoms with Crippen LogP contribution in [0.2, 0.25) is 0 Å². The lowest BCUT2D eigenvalue weighted by molar-refractivity contribution is 0.474. The summed E-state index contributed by atoms with van der Waals surface area (Å²) in [5.41, 5.74) is 7.75. The number of nitrogens with zero attached hydrogens (tertiary/aromatic N) is 3. The van der Waals surface area contributed by atoms with Crippen LogP contribution in [0.5, 0.6) is 0 Å². The Labute approximate surface area is 102 Å². The maximum atomic E-state index is 6.14. The van der Waals surface area contributed by atoms with Crippen LogP contribution >= 0.6 is 0 Å². The van der Waals surface area contributed by atoms with Crippen molar-refractivity contribution in [1.82, 2.24) is 14.5 Å². The third-order valence-electron chi connectivity index (χ3n) is 2.86. The molecule has 0 aliphatic heterocycles. The molecule has 2 aromatic rings. The molecule has 2 rings (SSSR count). The molecule has 0 saturated heterocycles. The van der Waals surface area contributed by atoms with E-state index in [-0.39, 0.29) is 6.04 Å². The molecule has 0 saturated carbocycles. The van der Waals surface area contributed by atoms with E-state index in [2.05, 4.69) is 21.5 Å². The molecule has 2 aromatic heterocycles. The van der Waals surface area contributed by atoms with Gasteiger partial charge in [0.2, 0.25) is 0 Å². The molecule has 0 aromatic carbocycles. The Morgan fingerprint density at radius 3 is 2.71 bits per heavy atom. The van der Waals surface area contributed by atoms with Gasteiger partial charge in [-0.15, -0.1) is 0 Å². The Bertz CT molecular complexity index is 482. The maximum absolute atomic E-state index is 6.14. The molecule has 4 nitrogen and oxygen atoms in total. The number of nitrogens with two attached hydrogens (primary N) is 1. The van der Waals surface area contributed by atoms with E-state index in [0.29, 0.717) is 0 Å². The summed E-state index contributed by atoms with van der Waals surface area (Å²) in [6.45, 7) is 6.05. The minimum Gasteiger partial charge on any atom is -0.324 e. The second kappa shape index (κ2) is 4.30. The number of imidazole rings is 1. The van der Waals surface area contributed by atoms with Crippen LogP contribution in [0.25, 0.3) is 0 Å². The third kappa shape index (κ3) is 2.36. The molecule has 17 heavy (non-hydrogen) atoms. The number of hydrogen-bond donors (Lipinski definition) is 1. The minimum atomic E-state index is -0.403. The SMILES string of the molecule is CC(c1ccccn1)n1cncc1C(C)(C)N. The standard InChI is InChI=1S/C13H18N4/c1-10(11-6-4-5-7-16-11)17-9-15-8-12(17)13(2,3)14/h4-10H,14H2,1-3H3. The van der Waals surface area contributed by atoms with Crippen LogP contribution in [0, 0.1) is 0 Å². The topological polar surface area (TPSA) is 56.7 Å². The Balaban J connectivity index is 2.39. The number of pyridine rings is 1. The summed E-state index contributed by atoms with van der Waals surface area (Å²) in [5.74, 6) is 0. The van der Waals surface area contributed by atoms with Gasteiger partial charge in [-0.1, -0.05) is 6.07 Å². The van der Waals surface area contributed by atoms with Crippen LogP contribution in [-0.2, 0) is 5.54 Å². The second-order valence-electron chi connectivity index (χ2n) is 4.84. The van der Waals surface area contributed by atoms with Crippen LogP contribution in [-0.4, -0.2) is 14.5 Å². The summed E-state index contributed by atoms with van der Waals surface area (Å²) in [5, 5.41) is 0. The van der Waals surface area contributed by atoms with Gasteiger partial charge in [0.15, 0.2) is 0 Å². The smallest absolute Gasteiger partial charge is 0.0955 e. The van der Waals surface area contributed by atoms with Crippen molar-refractivity contribution >= 4 is 0 Å². The Kier molecular flexibility index (Phi) is 2.98. The van der Waals surface area contributed by atoms with Crippen molar-refractivity contribution in [3.63, 3.8) is 0 Å². The molecule has 0 amide bonds. The van der Waals surface area contributed by atoms with Crippen LogP contribution in [0.1, 0.15) is 38.2 Å². The molecular weight excluding hydrogens is 212 g/mol. The van der Waals surface area contributed by atoms with Gasteiger partial charge in [-0.2, -0.15) is 0 Å². The van der Waals surface area contributed by atoms with Gasteiger partial charge in [0, 0.05) is 6.20 Å². The number of hydrogen-bond acceptors (Lipinski definition) is 3. The van der Waals surface area contributed by atoms with Gasteiger partial charge in [0.05, 0.1) is 35.5 Å². The lowest BCUT2D eigenvalue weighted by Gasteiger charge is -2.24. The van der Waals surface area contributed by atoms with Gasteiger partial charge >= 0.3 is 0 Å². The van der Waals surface area contributed by atoms with Crippen molar-refractivity contribution in [3.05, 3.63) is 48.3 Å². The number of rotatable bonds is 3. The van der Waals surface area contributed by atoms with E-state index < -0.39 is 5.54 Å². The van der Waals surface area contributed by atoms with E-state index in [1.54, 1.807) is 6.20 Å². The molecule has 0 aliphatic rings. The lowest BCUT2D eigenvalue weighted by atomic mass is 10.0. The summed E-state index contributed by atoms with van der Waals surface area (Å²) in [6.07, 6.45) is 5.43. The van der Waals surface area contributed by atoms with E-state index in [0.717, 1.165) is 11.4 Å². The average molecular weight is 230 g/mol. The van der Waals surface area contributed by atoms with Crippen LogP contribution < -0.4 is 5.73 Å². The van der Waals surface area contributed by atoms with E-state index >= 15 is 0 Å². The Morgan fingerprint density at radius 2 is 2.12 bits per heavy atom.